The van der Waals surface area contributed by atoms with Gasteiger partial charge in [0.2, 0.25) is 0 Å². The van der Waals surface area contributed by atoms with Crippen molar-refractivity contribution in [3.8, 4) is 0 Å². The Labute approximate surface area is 174 Å². The fourth-order valence-corrected chi connectivity index (χ4v) is 7.10. The summed E-state index contributed by atoms with van der Waals surface area (Å²) in [5, 5.41) is 0. The van der Waals surface area contributed by atoms with Crippen LogP contribution in [0.15, 0.2) is 12.7 Å². The van der Waals surface area contributed by atoms with Crippen molar-refractivity contribution in [1.29, 1.82) is 0 Å². The lowest BCUT2D eigenvalue weighted by molar-refractivity contribution is -0.212. The number of hydrogen-bond donors (Lipinski definition) is 0. The Balaban J connectivity index is 2.25. The van der Waals surface area contributed by atoms with Gasteiger partial charge in [-0.15, -0.1) is 6.58 Å². The fourth-order valence-electron chi connectivity index (χ4n) is 7.10. The molecular weight excluding hydrogens is 368 g/mol. The van der Waals surface area contributed by atoms with Gasteiger partial charge in [0.05, 0.1) is 0 Å². The third-order valence-corrected chi connectivity index (χ3v) is 8.86. The maximum Gasteiger partial charge on any atom is 0.302 e. The van der Waals surface area contributed by atoms with Crippen molar-refractivity contribution in [2.75, 3.05) is 0 Å². The molecule has 3 fully saturated rings. The molecule has 8 unspecified atom stereocenters. The minimum Gasteiger partial charge on any atom is -0.462 e. The van der Waals surface area contributed by atoms with Crippen LogP contribution in [0.25, 0.3) is 0 Å². The maximum absolute atomic E-state index is 13.3. The molecule has 0 aromatic heterocycles. The number of Topliss-reactive ketones (excluding diaryl/α,β-unsaturated/α-hetero) is 1. The van der Waals surface area contributed by atoms with Gasteiger partial charge >= 0.3 is 11.9 Å². The smallest absolute Gasteiger partial charge is 0.302 e. The number of hydrogen-bond acceptors (Lipinski definition) is 5. The van der Waals surface area contributed by atoms with Gasteiger partial charge in [-0.3, -0.25) is 14.4 Å². The van der Waals surface area contributed by atoms with E-state index in [9.17, 15) is 14.4 Å². The Hall–Kier alpha value is -1.65. The normalized spacial score (nSPS) is 46.8. The molecule has 0 radical (unpaired) electrons. The lowest BCUT2D eigenvalue weighted by atomic mass is 9.44. The standard InChI is InChI=1S/C24H36O5/c1-8-22(6)13-19(28-16(4)25)23(7)14(2)9-11-24(12-10-18(27)20(23)24)15(3)21(22)29-17(5)26/h8,14-15,19-21H,1,9-13H2,2-7H3. The Kier molecular flexibility index (Phi) is 5.51. The average Bonchev–Trinajstić information content (AvgIpc) is 2.99. The second kappa shape index (κ2) is 7.24. The van der Waals surface area contributed by atoms with E-state index in [1.165, 1.54) is 13.8 Å². The van der Waals surface area contributed by atoms with Gasteiger partial charge in [0.1, 0.15) is 18.0 Å². The van der Waals surface area contributed by atoms with Gasteiger partial charge in [-0.25, -0.2) is 0 Å². The maximum atomic E-state index is 13.3. The molecule has 162 valence electrons. The molecule has 0 aromatic carbocycles. The Morgan fingerprint density at radius 1 is 1.10 bits per heavy atom. The fraction of sp³-hybridized carbons (Fsp3) is 0.792. The van der Waals surface area contributed by atoms with Crippen LogP contribution in [0.1, 0.15) is 73.6 Å². The highest BCUT2D eigenvalue weighted by atomic mass is 16.6. The van der Waals surface area contributed by atoms with Crippen LogP contribution < -0.4 is 0 Å². The summed E-state index contributed by atoms with van der Waals surface area (Å²) in [5.74, 6) is -0.329. The second-order valence-electron chi connectivity index (χ2n) is 10.3. The van der Waals surface area contributed by atoms with Crippen molar-refractivity contribution in [2.45, 2.75) is 85.9 Å². The number of ketones is 1. The number of carbonyl (C=O) groups excluding carboxylic acids is 3. The molecule has 0 spiro atoms. The van der Waals surface area contributed by atoms with Crippen molar-refractivity contribution in [3.63, 3.8) is 0 Å². The third kappa shape index (κ3) is 3.16. The van der Waals surface area contributed by atoms with Crippen molar-refractivity contribution < 1.29 is 23.9 Å². The summed E-state index contributed by atoms with van der Waals surface area (Å²) in [6, 6.07) is 0. The molecule has 2 bridgehead atoms. The van der Waals surface area contributed by atoms with Gasteiger partial charge in [0.15, 0.2) is 0 Å². The van der Waals surface area contributed by atoms with E-state index in [1.54, 1.807) is 0 Å². The minimum atomic E-state index is -0.562. The van der Waals surface area contributed by atoms with E-state index >= 15 is 0 Å². The third-order valence-electron chi connectivity index (χ3n) is 8.86. The van der Waals surface area contributed by atoms with Gasteiger partial charge in [-0.05, 0) is 37.0 Å². The molecule has 8 atom stereocenters. The largest absolute Gasteiger partial charge is 0.462 e. The van der Waals surface area contributed by atoms with E-state index < -0.39 is 23.0 Å². The Morgan fingerprint density at radius 3 is 2.28 bits per heavy atom. The van der Waals surface area contributed by atoms with Gasteiger partial charge in [-0.2, -0.15) is 0 Å². The molecule has 0 amide bonds. The van der Waals surface area contributed by atoms with Gasteiger partial charge in [0, 0.05) is 42.9 Å². The first-order valence-electron chi connectivity index (χ1n) is 10.9. The molecule has 29 heavy (non-hydrogen) atoms. The van der Waals surface area contributed by atoms with E-state index in [-0.39, 0.29) is 40.9 Å². The summed E-state index contributed by atoms with van der Waals surface area (Å²) in [6.07, 6.45) is 4.74. The summed E-state index contributed by atoms with van der Waals surface area (Å²) in [7, 11) is 0. The summed E-state index contributed by atoms with van der Waals surface area (Å²) in [5.41, 5.74) is -1.26. The van der Waals surface area contributed by atoms with Crippen LogP contribution in [0.2, 0.25) is 0 Å². The van der Waals surface area contributed by atoms with E-state index in [4.69, 9.17) is 9.47 Å². The summed E-state index contributed by atoms with van der Waals surface area (Å²) in [4.78, 5) is 37.5. The zero-order valence-electron chi connectivity index (χ0n) is 18.7. The van der Waals surface area contributed by atoms with Crippen LogP contribution in [-0.2, 0) is 23.9 Å². The molecule has 5 nitrogen and oxygen atoms in total. The van der Waals surface area contributed by atoms with Crippen molar-refractivity contribution in [1.82, 2.24) is 0 Å². The highest BCUT2D eigenvalue weighted by Gasteiger charge is 2.68. The van der Waals surface area contributed by atoms with Crippen LogP contribution in [0.3, 0.4) is 0 Å². The predicted octanol–water partition coefficient (Wildman–Crippen LogP) is 4.48. The molecule has 0 aromatic rings. The molecule has 0 aliphatic heterocycles. The average molecular weight is 405 g/mol. The number of carbonyl (C=O) groups is 3. The molecule has 5 heteroatoms. The summed E-state index contributed by atoms with van der Waals surface area (Å²) >= 11 is 0. The van der Waals surface area contributed by atoms with Crippen molar-refractivity contribution in [3.05, 3.63) is 12.7 Å². The number of rotatable bonds is 3. The molecular formula is C24H36O5. The SMILES string of the molecule is C=CC1(C)CC(OC(C)=O)C2(C)C(C)CCC3(CCC(=O)C32)C(C)C1OC(C)=O. The lowest BCUT2D eigenvalue weighted by Crippen LogP contribution is -2.63. The zero-order chi connectivity index (χ0) is 21.8. The first-order chi connectivity index (χ1) is 13.4. The molecule has 3 aliphatic carbocycles. The first-order valence-corrected chi connectivity index (χ1v) is 10.9. The summed E-state index contributed by atoms with van der Waals surface area (Å²) in [6.45, 7) is 15.4. The minimum absolute atomic E-state index is 0.0101. The highest BCUT2D eigenvalue weighted by molar-refractivity contribution is 5.85. The molecule has 3 saturated carbocycles. The van der Waals surface area contributed by atoms with Crippen LogP contribution >= 0.6 is 0 Å². The monoisotopic (exact) mass is 404 g/mol. The van der Waals surface area contributed by atoms with Gasteiger partial charge < -0.3 is 9.47 Å². The quantitative estimate of drug-likeness (QED) is 0.512. The molecule has 3 aliphatic rings. The molecule has 0 heterocycles. The van der Waals surface area contributed by atoms with E-state index in [2.05, 4.69) is 27.4 Å². The van der Waals surface area contributed by atoms with Crippen LogP contribution in [0, 0.1) is 34.0 Å². The summed E-state index contributed by atoms with van der Waals surface area (Å²) < 4.78 is 11.9. The van der Waals surface area contributed by atoms with E-state index in [0.717, 1.165) is 19.3 Å². The van der Waals surface area contributed by atoms with Crippen molar-refractivity contribution >= 4 is 17.7 Å². The van der Waals surface area contributed by atoms with E-state index in [1.807, 2.05) is 13.0 Å². The number of esters is 2. The lowest BCUT2D eigenvalue weighted by Gasteiger charge is -2.62. The zero-order valence-corrected chi connectivity index (χ0v) is 18.7. The Bertz CT molecular complexity index is 729. The number of ether oxygens (including phenoxy) is 2. The van der Waals surface area contributed by atoms with E-state index in [0.29, 0.717) is 12.8 Å². The van der Waals surface area contributed by atoms with Crippen LogP contribution in [0.4, 0.5) is 0 Å². The topological polar surface area (TPSA) is 69.7 Å². The molecule has 0 saturated heterocycles. The molecule has 0 N–H and O–H groups in total. The second-order valence-corrected chi connectivity index (χ2v) is 10.3. The van der Waals surface area contributed by atoms with Gasteiger partial charge in [-0.1, -0.05) is 33.8 Å². The van der Waals surface area contributed by atoms with Crippen molar-refractivity contribution in [2.24, 2.45) is 34.0 Å². The van der Waals surface area contributed by atoms with Crippen LogP contribution in [-0.4, -0.2) is 29.9 Å². The predicted molar refractivity (Wildman–Crippen MR) is 110 cm³/mol. The van der Waals surface area contributed by atoms with Gasteiger partial charge in [0.25, 0.3) is 0 Å². The Morgan fingerprint density at radius 2 is 1.72 bits per heavy atom. The molecule has 3 rings (SSSR count). The first kappa shape index (κ1) is 22.0. The van der Waals surface area contributed by atoms with Crippen LogP contribution in [0.5, 0.6) is 0 Å². The highest BCUT2D eigenvalue weighted by Crippen LogP contribution is 2.68.